The number of nitrogens with one attached hydrogen (secondary N) is 1. The number of hydrogen-bond donors (Lipinski definition) is 1. The van der Waals surface area contributed by atoms with Gasteiger partial charge in [-0.1, -0.05) is 38.1 Å². The Hall–Kier alpha value is -2.82. The first-order valence-corrected chi connectivity index (χ1v) is 7.73. The quantitative estimate of drug-likeness (QED) is 0.654. The first-order valence-electron chi connectivity index (χ1n) is 7.73. The van der Waals surface area contributed by atoms with Crippen molar-refractivity contribution in [2.75, 3.05) is 13.7 Å². The van der Waals surface area contributed by atoms with Crippen LogP contribution >= 0.6 is 0 Å². The summed E-state index contributed by atoms with van der Waals surface area (Å²) < 4.78 is 10.3. The predicted molar refractivity (Wildman–Crippen MR) is 91.5 cm³/mol. The molecule has 126 valence electrons. The SMILES string of the molecule is COc1ccccc1OC(=O)CNC(=O)c1ccc(C(C)C)cc1. The number of amides is 1. The molecule has 0 atom stereocenters. The Kier molecular flexibility index (Phi) is 5.95. The zero-order valence-corrected chi connectivity index (χ0v) is 14.0. The smallest absolute Gasteiger partial charge is 0.330 e. The van der Waals surface area contributed by atoms with E-state index in [9.17, 15) is 9.59 Å². The van der Waals surface area contributed by atoms with Crippen LogP contribution in [0, 0.1) is 0 Å². The van der Waals surface area contributed by atoms with Crippen molar-refractivity contribution in [2.24, 2.45) is 0 Å². The van der Waals surface area contributed by atoms with Gasteiger partial charge < -0.3 is 14.8 Å². The van der Waals surface area contributed by atoms with E-state index in [0.717, 1.165) is 5.56 Å². The minimum Gasteiger partial charge on any atom is -0.493 e. The summed E-state index contributed by atoms with van der Waals surface area (Å²) in [5.41, 5.74) is 1.66. The Labute approximate surface area is 141 Å². The zero-order chi connectivity index (χ0) is 17.5. The van der Waals surface area contributed by atoms with Crippen LogP contribution < -0.4 is 14.8 Å². The highest BCUT2D eigenvalue weighted by atomic mass is 16.6. The lowest BCUT2D eigenvalue weighted by Gasteiger charge is -2.10. The average Bonchev–Trinajstić information content (AvgIpc) is 2.60. The number of hydrogen-bond acceptors (Lipinski definition) is 4. The first-order chi connectivity index (χ1) is 11.5. The second kappa shape index (κ2) is 8.15. The second-order valence-corrected chi connectivity index (χ2v) is 5.58. The average molecular weight is 327 g/mol. The molecule has 5 nitrogen and oxygen atoms in total. The molecule has 0 saturated carbocycles. The van der Waals surface area contributed by atoms with E-state index >= 15 is 0 Å². The molecule has 0 bridgehead atoms. The zero-order valence-electron chi connectivity index (χ0n) is 14.0. The van der Waals surface area contributed by atoms with Gasteiger partial charge in [-0.3, -0.25) is 4.79 Å². The highest BCUT2D eigenvalue weighted by Gasteiger charge is 2.12. The van der Waals surface area contributed by atoms with Crippen LogP contribution in [0.5, 0.6) is 11.5 Å². The number of benzene rings is 2. The third-order valence-corrected chi connectivity index (χ3v) is 3.53. The number of para-hydroxylation sites is 2. The summed E-state index contributed by atoms with van der Waals surface area (Å²) in [6.45, 7) is 3.95. The lowest BCUT2D eigenvalue weighted by molar-refractivity contribution is -0.133. The summed E-state index contributed by atoms with van der Waals surface area (Å²) in [5, 5.41) is 2.55. The van der Waals surface area contributed by atoms with Crippen molar-refractivity contribution >= 4 is 11.9 Å². The lowest BCUT2D eigenvalue weighted by Crippen LogP contribution is -2.31. The molecule has 0 heterocycles. The van der Waals surface area contributed by atoms with Crippen molar-refractivity contribution in [3.05, 3.63) is 59.7 Å². The monoisotopic (exact) mass is 327 g/mol. The van der Waals surface area contributed by atoms with E-state index in [1.807, 2.05) is 12.1 Å². The molecule has 1 N–H and O–H groups in total. The summed E-state index contributed by atoms with van der Waals surface area (Å²) >= 11 is 0. The van der Waals surface area contributed by atoms with E-state index in [1.54, 1.807) is 36.4 Å². The van der Waals surface area contributed by atoms with Gasteiger partial charge >= 0.3 is 5.97 Å². The third-order valence-electron chi connectivity index (χ3n) is 3.53. The maximum Gasteiger partial charge on any atom is 0.330 e. The Balaban J connectivity index is 1.90. The molecule has 2 aromatic carbocycles. The van der Waals surface area contributed by atoms with Gasteiger partial charge in [-0.05, 0) is 35.7 Å². The van der Waals surface area contributed by atoms with Crippen LogP contribution in [0.4, 0.5) is 0 Å². The fourth-order valence-electron chi connectivity index (χ4n) is 2.14. The third kappa shape index (κ3) is 4.59. The summed E-state index contributed by atoms with van der Waals surface area (Å²) in [6.07, 6.45) is 0. The van der Waals surface area contributed by atoms with Crippen LogP contribution in [0.3, 0.4) is 0 Å². The van der Waals surface area contributed by atoms with Crippen LogP contribution in [0.1, 0.15) is 35.7 Å². The van der Waals surface area contributed by atoms with Crippen LogP contribution in [-0.4, -0.2) is 25.5 Å². The second-order valence-electron chi connectivity index (χ2n) is 5.58. The van der Waals surface area contributed by atoms with Crippen molar-refractivity contribution in [1.82, 2.24) is 5.32 Å². The Morgan fingerprint density at radius 2 is 1.62 bits per heavy atom. The maximum atomic E-state index is 12.1. The van der Waals surface area contributed by atoms with E-state index in [0.29, 0.717) is 23.0 Å². The van der Waals surface area contributed by atoms with Gasteiger partial charge in [-0.25, -0.2) is 4.79 Å². The van der Waals surface area contributed by atoms with Crippen LogP contribution in [0.2, 0.25) is 0 Å². The molecule has 2 aromatic rings. The number of carbonyl (C=O) groups is 2. The molecule has 0 aliphatic rings. The fourth-order valence-corrected chi connectivity index (χ4v) is 2.14. The number of ether oxygens (including phenoxy) is 2. The van der Waals surface area contributed by atoms with Crippen LogP contribution in [0.25, 0.3) is 0 Å². The summed E-state index contributed by atoms with van der Waals surface area (Å²) in [6, 6.07) is 14.1. The number of carbonyl (C=O) groups excluding carboxylic acids is 2. The van der Waals surface area contributed by atoms with E-state index < -0.39 is 5.97 Å². The molecular weight excluding hydrogens is 306 g/mol. The van der Waals surface area contributed by atoms with Crippen molar-refractivity contribution < 1.29 is 19.1 Å². The molecule has 0 unspecified atom stereocenters. The van der Waals surface area contributed by atoms with Gasteiger partial charge in [0.15, 0.2) is 11.5 Å². The summed E-state index contributed by atoms with van der Waals surface area (Å²) in [5.74, 6) is 0.300. The van der Waals surface area contributed by atoms with Crippen molar-refractivity contribution in [2.45, 2.75) is 19.8 Å². The minimum atomic E-state index is -0.563. The minimum absolute atomic E-state index is 0.219. The Morgan fingerprint density at radius 3 is 2.21 bits per heavy atom. The van der Waals surface area contributed by atoms with Crippen molar-refractivity contribution in [3.63, 3.8) is 0 Å². The molecule has 0 fully saturated rings. The molecule has 5 heteroatoms. The molecule has 0 aliphatic heterocycles. The molecule has 0 radical (unpaired) electrons. The number of esters is 1. The van der Waals surface area contributed by atoms with Crippen molar-refractivity contribution in [1.29, 1.82) is 0 Å². The van der Waals surface area contributed by atoms with E-state index in [1.165, 1.54) is 7.11 Å². The standard InChI is InChI=1S/C19H21NO4/c1-13(2)14-8-10-15(11-9-14)19(22)20-12-18(21)24-17-7-5-4-6-16(17)23-3/h4-11,13H,12H2,1-3H3,(H,20,22). The summed E-state index contributed by atoms with van der Waals surface area (Å²) in [4.78, 5) is 23.9. The first kappa shape index (κ1) is 17.5. The van der Waals surface area contributed by atoms with Crippen LogP contribution in [-0.2, 0) is 4.79 Å². The summed E-state index contributed by atoms with van der Waals surface area (Å²) in [7, 11) is 1.50. The Bertz CT molecular complexity index is 708. The van der Waals surface area contributed by atoms with E-state index in [4.69, 9.17) is 9.47 Å². The van der Waals surface area contributed by atoms with Crippen LogP contribution in [0.15, 0.2) is 48.5 Å². The fraction of sp³-hybridized carbons (Fsp3) is 0.263. The molecular formula is C19H21NO4. The van der Waals surface area contributed by atoms with Gasteiger partial charge in [0.2, 0.25) is 0 Å². The highest BCUT2D eigenvalue weighted by molar-refractivity contribution is 5.96. The highest BCUT2D eigenvalue weighted by Crippen LogP contribution is 2.25. The van der Waals surface area contributed by atoms with E-state index in [2.05, 4.69) is 19.2 Å². The molecule has 0 spiro atoms. The Morgan fingerprint density at radius 1 is 1.00 bits per heavy atom. The number of methoxy groups -OCH3 is 1. The molecule has 1 amide bonds. The molecule has 0 saturated heterocycles. The molecule has 2 rings (SSSR count). The molecule has 24 heavy (non-hydrogen) atoms. The van der Waals surface area contributed by atoms with Gasteiger partial charge in [-0.2, -0.15) is 0 Å². The maximum absolute atomic E-state index is 12.1. The van der Waals surface area contributed by atoms with Gasteiger partial charge in [-0.15, -0.1) is 0 Å². The normalized spacial score (nSPS) is 10.3. The van der Waals surface area contributed by atoms with Gasteiger partial charge in [0.1, 0.15) is 6.54 Å². The topological polar surface area (TPSA) is 64.6 Å². The van der Waals surface area contributed by atoms with Gasteiger partial charge in [0.05, 0.1) is 7.11 Å². The predicted octanol–water partition coefficient (Wildman–Crippen LogP) is 3.15. The van der Waals surface area contributed by atoms with Gasteiger partial charge in [0, 0.05) is 5.56 Å². The number of rotatable bonds is 6. The lowest BCUT2D eigenvalue weighted by atomic mass is 10.0. The van der Waals surface area contributed by atoms with Gasteiger partial charge in [0.25, 0.3) is 5.91 Å². The van der Waals surface area contributed by atoms with Crippen molar-refractivity contribution in [3.8, 4) is 11.5 Å². The molecule has 0 aromatic heterocycles. The van der Waals surface area contributed by atoms with E-state index in [-0.39, 0.29) is 12.5 Å². The molecule has 0 aliphatic carbocycles. The largest absolute Gasteiger partial charge is 0.493 e.